The summed E-state index contributed by atoms with van der Waals surface area (Å²) in [4.78, 5) is 4.60. The van der Waals surface area contributed by atoms with Crippen molar-refractivity contribution < 1.29 is 0 Å². The lowest BCUT2D eigenvalue weighted by Crippen LogP contribution is -2.02. The van der Waals surface area contributed by atoms with Gasteiger partial charge >= 0.3 is 0 Å². The molecule has 1 nitrogen and oxygen atoms in total. The van der Waals surface area contributed by atoms with E-state index >= 15 is 0 Å². The van der Waals surface area contributed by atoms with Gasteiger partial charge < -0.3 is 0 Å². The molecule has 25 heavy (non-hydrogen) atoms. The second-order valence-corrected chi connectivity index (χ2v) is 8.70. The highest BCUT2D eigenvalue weighted by Crippen LogP contribution is 2.35. The van der Waals surface area contributed by atoms with Crippen molar-refractivity contribution in [2.24, 2.45) is 0 Å². The number of halogens is 1. The molecule has 1 atom stereocenters. The Morgan fingerprint density at radius 2 is 1.56 bits per heavy atom. The summed E-state index contributed by atoms with van der Waals surface area (Å²) in [5, 5.41) is 3.35. The van der Waals surface area contributed by atoms with Crippen LogP contribution in [0.1, 0.15) is 94.0 Å². The quantitative estimate of drug-likeness (QED) is 0.296. The molecule has 0 saturated carbocycles. The number of hydrogen-bond donors (Lipinski definition) is 0. The maximum Gasteiger partial charge on any atom is 0.1000 e. The fourth-order valence-electron chi connectivity index (χ4n) is 3.41. The smallest absolute Gasteiger partial charge is 0.1000 e. The minimum Gasteiger partial charge on any atom is -0.249 e. The summed E-state index contributed by atoms with van der Waals surface area (Å²) < 4.78 is 1.21. The monoisotopic (exact) mass is 421 g/mol. The molecule has 0 amide bonds. The third kappa shape index (κ3) is 7.62. The molecule has 0 spiro atoms. The first kappa shape index (κ1) is 20.6. The molecular formula is C22H32BrNS. The summed E-state index contributed by atoms with van der Waals surface area (Å²) in [7, 11) is 0. The predicted octanol–water partition coefficient (Wildman–Crippen LogP) is 8.35. The van der Waals surface area contributed by atoms with E-state index in [9.17, 15) is 0 Å². The minimum absolute atomic E-state index is 0.435. The first-order valence-electron chi connectivity index (χ1n) is 9.96. The molecule has 138 valence electrons. The number of hydrogen-bond acceptors (Lipinski definition) is 2. The molecule has 1 unspecified atom stereocenters. The number of rotatable bonds is 13. The Hall–Kier alpha value is -0.670. The highest BCUT2D eigenvalue weighted by Gasteiger charge is 2.18. The molecule has 0 aliphatic carbocycles. The highest BCUT2D eigenvalue weighted by atomic mass is 79.9. The Labute approximate surface area is 166 Å². The largest absolute Gasteiger partial charge is 0.249 e. The van der Waals surface area contributed by atoms with Crippen LogP contribution in [0.5, 0.6) is 0 Å². The number of benzene rings is 1. The van der Waals surface area contributed by atoms with Gasteiger partial charge in [0.2, 0.25) is 0 Å². The molecule has 0 N–H and O–H groups in total. The standard InChI is InChI=1S/C22H32BrNS/c1-2-3-4-5-6-7-8-9-10-11-15-20(22-24-17-18-25-22)19-14-12-13-16-21(19)23/h12-14,16-18,20H,2-11,15H2,1H3. The zero-order chi connectivity index (χ0) is 17.7. The van der Waals surface area contributed by atoms with E-state index in [0.29, 0.717) is 5.92 Å². The van der Waals surface area contributed by atoms with Crippen LogP contribution in [-0.2, 0) is 0 Å². The van der Waals surface area contributed by atoms with E-state index in [1.165, 1.54) is 85.7 Å². The van der Waals surface area contributed by atoms with Gasteiger partial charge in [-0.05, 0) is 18.1 Å². The molecule has 0 radical (unpaired) electrons. The van der Waals surface area contributed by atoms with Gasteiger partial charge in [0.15, 0.2) is 0 Å². The Morgan fingerprint density at radius 1 is 0.920 bits per heavy atom. The second kappa shape index (κ2) is 12.6. The second-order valence-electron chi connectivity index (χ2n) is 6.92. The van der Waals surface area contributed by atoms with Crippen LogP contribution in [0, 0.1) is 0 Å². The topological polar surface area (TPSA) is 12.9 Å². The van der Waals surface area contributed by atoms with E-state index in [1.807, 2.05) is 6.20 Å². The number of unbranched alkanes of at least 4 members (excludes halogenated alkanes) is 9. The zero-order valence-electron chi connectivity index (χ0n) is 15.6. The Kier molecular flexibility index (Phi) is 10.4. The van der Waals surface area contributed by atoms with Crippen LogP contribution in [0.15, 0.2) is 40.3 Å². The normalized spacial score (nSPS) is 12.4. The molecular weight excluding hydrogens is 390 g/mol. The lowest BCUT2D eigenvalue weighted by Gasteiger charge is -2.16. The average molecular weight is 422 g/mol. The molecule has 1 heterocycles. The van der Waals surface area contributed by atoms with Crippen LogP contribution in [0.4, 0.5) is 0 Å². The van der Waals surface area contributed by atoms with Crippen LogP contribution in [-0.4, -0.2) is 4.98 Å². The lowest BCUT2D eigenvalue weighted by molar-refractivity contribution is 0.540. The van der Waals surface area contributed by atoms with Gasteiger partial charge in [0.1, 0.15) is 0 Å². The number of nitrogens with zero attached hydrogens (tertiary/aromatic N) is 1. The third-order valence-electron chi connectivity index (χ3n) is 4.88. The molecule has 1 aromatic carbocycles. The minimum atomic E-state index is 0.435. The van der Waals surface area contributed by atoms with Gasteiger partial charge in [0, 0.05) is 22.0 Å². The first-order valence-corrected chi connectivity index (χ1v) is 11.6. The fourth-order valence-corrected chi connectivity index (χ4v) is 4.77. The Balaban J connectivity index is 1.70. The van der Waals surface area contributed by atoms with Crippen molar-refractivity contribution in [1.82, 2.24) is 4.98 Å². The van der Waals surface area contributed by atoms with Crippen molar-refractivity contribution in [2.45, 2.75) is 83.5 Å². The highest BCUT2D eigenvalue weighted by molar-refractivity contribution is 9.10. The molecule has 3 heteroatoms. The molecule has 2 aromatic rings. The van der Waals surface area contributed by atoms with Gasteiger partial charge in [0.25, 0.3) is 0 Å². The summed E-state index contributed by atoms with van der Waals surface area (Å²) in [5.41, 5.74) is 1.38. The van der Waals surface area contributed by atoms with Crippen molar-refractivity contribution in [2.75, 3.05) is 0 Å². The van der Waals surface area contributed by atoms with E-state index in [-0.39, 0.29) is 0 Å². The summed E-state index contributed by atoms with van der Waals surface area (Å²) in [6.07, 6.45) is 17.0. The van der Waals surface area contributed by atoms with Gasteiger partial charge in [-0.15, -0.1) is 11.3 Å². The fraction of sp³-hybridized carbons (Fsp3) is 0.591. The van der Waals surface area contributed by atoms with E-state index in [0.717, 1.165) is 0 Å². The van der Waals surface area contributed by atoms with Gasteiger partial charge in [-0.25, -0.2) is 4.98 Å². The van der Waals surface area contributed by atoms with Crippen molar-refractivity contribution in [3.8, 4) is 0 Å². The molecule has 0 aliphatic rings. The third-order valence-corrected chi connectivity index (χ3v) is 6.49. The summed E-state index contributed by atoms with van der Waals surface area (Å²) in [5.74, 6) is 0.435. The molecule has 0 saturated heterocycles. The van der Waals surface area contributed by atoms with E-state index in [4.69, 9.17) is 0 Å². The van der Waals surface area contributed by atoms with Gasteiger partial charge in [-0.3, -0.25) is 0 Å². The molecule has 1 aromatic heterocycles. The number of thiazole rings is 1. The van der Waals surface area contributed by atoms with Crippen LogP contribution < -0.4 is 0 Å². The lowest BCUT2D eigenvalue weighted by atomic mass is 9.93. The van der Waals surface area contributed by atoms with E-state index in [2.05, 4.69) is 57.5 Å². The SMILES string of the molecule is CCCCCCCCCCCCC(c1nccs1)c1ccccc1Br. The van der Waals surface area contributed by atoms with Crippen molar-refractivity contribution in [3.63, 3.8) is 0 Å². The van der Waals surface area contributed by atoms with Gasteiger partial charge in [-0.2, -0.15) is 0 Å². The van der Waals surface area contributed by atoms with Crippen molar-refractivity contribution >= 4 is 27.3 Å². The summed E-state index contributed by atoms with van der Waals surface area (Å²) in [6.45, 7) is 2.28. The van der Waals surface area contributed by atoms with E-state index < -0.39 is 0 Å². The number of aromatic nitrogens is 1. The van der Waals surface area contributed by atoms with Gasteiger partial charge in [0.05, 0.1) is 5.01 Å². The first-order chi connectivity index (χ1) is 12.3. The Morgan fingerprint density at radius 3 is 2.16 bits per heavy atom. The maximum atomic E-state index is 4.60. The molecule has 0 aliphatic heterocycles. The molecule has 0 fully saturated rings. The molecule has 0 bridgehead atoms. The zero-order valence-corrected chi connectivity index (χ0v) is 18.0. The van der Waals surface area contributed by atoms with Crippen LogP contribution >= 0.6 is 27.3 Å². The maximum absolute atomic E-state index is 4.60. The summed E-state index contributed by atoms with van der Waals surface area (Å²) >= 11 is 5.51. The van der Waals surface area contributed by atoms with Crippen LogP contribution in [0.3, 0.4) is 0 Å². The van der Waals surface area contributed by atoms with Crippen molar-refractivity contribution in [1.29, 1.82) is 0 Å². The summed E-state index contributed by atoms with van der Waals surface area (Å²) in [6, 6.07) is 8.62. The molecule has 2 rings (SSSR count). The van der Waals surface area contributed by atoms with Crippen LogP contribution in [0.25, 0.3) is 0 Å². The average Bonchev–Trinajstić information content (AvgIpc) is 3.15. The van der Waals surface area contributed by atoms with Crippen molar-refractivity contribution in [3.05, 3.63) is 50.9 Å². The Bertz CT molecular complexity index is 567. The predicted molar refractivity (Wildman–Crippen MR) is 115 cm³/mol. The van der Waals surface area contributed by atoms with E-state index in [1.54, 1.807) is 11.3 Å². The van der Waals surface area contributed by atoms with Crippen LogP contribution in [0.2, 0.25) is 0 Å². The van der Waals surface area contributed by atoms with Gasteiger partial charge in [-0.1, -0.05) is 105 Å².